The smallest absolute Gasteiger partial charge is 0.411 e. The zero-order chi connectivity index (χ0) is 23.6. The molecule has 172 valence electrons. The molecule has 0 fully saturated rings. The number of likely N-dealkylation sites (N-methyl/N-ethyl adjacent to an activating group) is 1. The maximum atomic E-state index is 13.2. The number of carbonyl (C=O) groups excluding carboxylic acids is 2. The molecule has 0 radical (unpaired) electrons. The number of H-pyrrole nitrogens is 1. The summed E-state index contributed by atoms with van der Waals surface area (Å²) in [7, 11) is 1.80. The Bertz CT molecular complexity index is 1140. The van der Waals surface area contributed by atoms with Crippen molar-refractivity contribution in [3.05, 3.63) is 82.8 Å². The summed E-state index contributed by atoms with van der Waals surface area (Å²) in [6, 6.07) is 14.8. The van der Waals surface area contributed by atoms with Crippen LogP contribution in [0.25, 0.3) is 0 Å². The molecular formula is C24H26FN5O3. The lowest BCUT2D eigenvalue weighted by Gasteiger charge is -2.32. The predicted octanol–water partition coefficient (Wildman–Crippen LogP) is 3.95. The predicted molar refractivity (Wildman–Crippen MR) is 121 cm³/mol. The molecule has 2 heterocycles. The first-order valence-electron chi connectivity index (χ1n) is 10.6. The van der Waals surface area contributed by atoms with E-state index in [1.165, 1.54) is 24.3 Å². The van der Waals surface area contributed by atoms with E-state index in [1.54, 1.807) is 11.9 Å². The average Bonchev–Trinajstić information content (AvgIpc) is 3.32. The summed E-state index contributed by atoms with van der Waals surface area (Å²) in [6.07, 6.45) is -0.918. The number of carbonyl (C=O) groups is 2. The number of fused-ring (bicyclic) bond motifs is 1. The molecule has 2 aromatic carbocycles. The Balaban J connectivity index is 1.51. The van der Waals surface area contributed by atoms with E-state index in [9.17, 15) is 14.0 Å². The van der Waals surface area contributed by atoms with Crippen molar-refractivity contribution in [1.82, 2.24) is 20.4 Å². The van der Waals surface area contributed by atoms with Gasteiger partial charge in [-0.1, -0.05) is 30.3 Å². The second kappa shape index (κ2) is 9.03. The Morgan fingerprint density at radius 2 is 1.88 bits per heavy atom. The molecule has 2 amide bonds. The molecule has 1 aliphatic heterocycles. The number of hydrogen-bond donors (Lipinski definition) is 3. The van der Waals surface area contributed by atoms with Crippen molar-refractivity contribution in [3.8, 4) is 0 Å². The molecule has 1 aliphatic rings. The lowest BCUT2D eigenvalue weighted by molar-refractivity contribution is 0.0349. The van der Waals surface area contributed by atoms with Gasteiger partial charge in [0.05, 0.1) is 17.8 Å². The van der Waals surface area contributed by atoms with Gasteiger partial charge < -0.3 is 15.4 Å². The molecule has 0 saturated carbocycles. The van der Waals surface area contributed by atoms with E-state index in [2.05, 4.69) is 20.8 Å². The molecule has 4 rings (SSSR count). The Morgan fingerprint density at radius 3 is 2.55 bits per heavy atom. The van der Waals surface area contributed by atoms with Gasteiger partial charge in [-0.25, -0.2) is 9.18 Å². The van der Waals surface area contributed by atoms with Gasteiger partial charge in [0, 0.05) is 17.7 Å². The number of ether oxygens (including phenoxy) is 1. The molecule has 0 aliphatic carbocycles. The fourth-order valence-electron chi connectivity index (χ4n) is 3.96. The molecule has 0 saturated heterocycles. The van der Waals surface area contributed by atoms with Gasteiger partial charge in [-0.15, -0.1) is 0 Å². The van der Waals surface area contributed by atoms with Crippen molar-refractivity contribution in [2.75, 3.05) is 18.9 Å². The van der Waals surface area contributed by atoms with E-state index in [-0.39, 0.29) is 6.54 Å². The number of aromatic nitrogens is 2. The molecular weight excluding hydrogens is 425 g/mol. The van der Waals surface area contributed by atoms with Crippen LogP contribution in [0.3, 0.4) is 0 Å². The first kappa shape index (κ1) is 22.5. The van der Waals surface area contributed by atoms with Crippen LogP contribution in [0.5, 0.6) is 0 Å². The van der Waals surface area contributed by atoms with E-state index in [0.29, 0.717) is 23.5 Å². The molecule has 3 aromatic rings. The summed E-state index contributed by atoms with van der Waals surface area (Å²) in [5.74, 6) is -0.506. The molecule has 0 bridgehead atoms. The van der Waals surface area contributed by atoms with Gasteiger partial charge in [-0.3, -0.25) is 14.8 Å². The third kappa shape index (κ3) is 4.45. The van der Waals surface area contributed by atoms with Crippen molar-refractivity contribution in [1.29, 1.82) is 0 Å². The van der Waals surface area contributed by atoms with Crippen molar-refractivity contribution in [2.45, 2.75) is 32.0 Å². The van der Waals surface area contributed by atoms with Crippen LogP contribution >= 0.6 is 0 Å². The number of benzene rings is 2. The number of anilines is 1. The highest BCUT2D eigenvalue weighted by Gasteiger charge is 2.45. The number of aromatic amines is 1. The summed E-state index contributed by atoms with van der Waals surface area (Å²) < 4.78 is 19.0. The van der Waals surface area contributed by atoms with Gasteiger partial charge in [-0.05, 0) is 50.7 Å². The zero-order valence-electron chi connectivity index (χ0n) is 18.7. The molecule has 1 aromatic heterocycles. The van der Waals surface area contributed by atoms with Crippen molar-refractivity contribution in [3.63, 3.8) is 0 Å². The van der Waals surface area contributed by atoms with E-state index in [0.717, 1.165) is 11.3 Å². The van der Waals surface area contributed by atoms with Gasteiger partial charge >= 0.3 is 6.09 Å². The van der Waals surface area contributed by atoms with Gasteiger partial charge in [0.2, 0.25) is 0 Å². The Kier molecular flexibility index (Phi) is 6.15. The Hall–Kier alpha value is -3.72. The zero-order valence-corrected chi connectivity index (χ0v) is 18.7. The molecule has 1 unspecified atom stereocenters. The lowest BCUT2D eigenvalue weighted by atomic mass is 10.0. The maximum absolute atomic E-state index is 13.2. The number of halogens is 1. The Morgan fingerprint density at radius 1 is 1.18 bits per heavy atom. The van der Waals surface area contributed by atoms with Crippen LogP contribution in [-0.2, 0) is 16.8 Å². The fraction of sp³-hybridized carbons (Fsp3) is 0.292. The number of rotatable bonds is 6. The van der Waals surface area contributed by atoms with Gasteiger partial charge in [0.15, 0.2) is 5.82 Å². The lowest BCUT2D eigenvalue weighted by Crippen LogP contribution is -2.42. The number of nitrogens with one attached hydrogen (secondary N) is 3. The minimum absolute atomic E-state index is 0.220. The molecule has 33 heavy (non-hydrogen) atoms. The molecule has 8 nitrogen and oxygen atoms in total. The largest absolute Gasteiger partial charge is 0.440 e. The second-order valence-electron chi connectivity index (χ2n) is 8.37. The standard InChI is InChI=1S/C24H26FN5O3/c1-24(2)20-18(21(29-28-20)27-22(31)16-9-11-17(25)12-10-16)14-30(24)23(32)33-19(13-26-3)15-7-5-4-6-8-15/h4-12,19,26H,13-14H2,1-3H3,(H2,27,28,29,31). The van der Waals surface area contributed by atoms with Crippen LogP contribution in [-0.4, -0.2) is 40.7 Å². The van der Waals surface area contributed by atoms with Crippen LogP contribution in [0.2, 0.25) is 0 Å². The van der Waals surface area contributed by atoms with Crippen LogP contribution < -0.4 is 10.6 Å². The SMILES string of the molecule is CNCC(OC(=O)N1Cc2c(NC(=O)c3ccc(F)cc3)n[nH]c2C1(C)C)c1ccccc1. The highest BCUT2D eigenvalue weighted by molar-refractivity contribution is 6.04. The third-order valence-electron chi connectivity index (χ3n) is 5.83. The van der Waals surface area contributed by atoms with E-state index in [4.69, 9.17) is 4.74 Å². The van der Waals surface area contributed by atoms with Crippen molar-refractivity contribution < 1.29 is 18.7 Å². The molecule has 0 spiro atoms. The van der Waals surface area contributed by atoms with Gasteiger partial charge in [0.1, 0.15) is 11.9 Å². The number of hydrogen-bond acceptors (Lipinski definition) is 5. The maximum Gasteiger partial charge on any atom is 0.411 e. The topological polar surface area (TPSA) is 99.3 Å². The monoisotopic (exact) mass is 451 g/mol. The number of amides is 2. The first-order valence-corrected chi connectivity index (χ1v) is 10.6. The van der Waals surface area contributed by atoms with Crippen LogP contribution in [0.15, 0.2) is 54.6 Å². The highest BCUT2D eigenvalue weighted by atomic mass is 19.1. The quantitative estimate of drug-likeness (QED) is 0.527. The van der Waals surface area contributed by atoms with E-state index >= 15 is 0 Å². The molecule has 9 heteroatoms. The average molecular weight is 452 g/mol. The van der Waals surface area contributed by atoms with Gasteiger partial charge in [0.25, 0.3) is 5.91 Å². The van der Waals surface area contributed by atoms with Crippen molar-refractivity contribution in [2.24, 2.45) is 0 Å². The second-order valence-corrected chi connectivity index (χ2v) is 8.37. The third-order valence-corrected chi connectivity index (χ3v) is 5.83. The summed E-state index contributed by atoms with van der Waals surface area (Å²) in [5, 5.41) is 13.0. The Labute approximate surface area is 191 Å². The minimum atomic E-state index is -0.723. The van der Waals surface area contributed by atoms with Crippen LogP contribution in [0.1, 0.15) is 47.1 Å². The summed E-state index contributed by atoms with van der Waals surface area (Å²) >= 11 is 0. The normalized spacial score (nSPS) is 15.1. The summed E-state index contributed by atoms with van der Waals surface area (Å²) in [5.41, 5.74) is 1.90. The molecule has 3 N–H and O–H groups in total. The van der Waals surface area contributed by atoms with Crippen molar-refractivity contribution >= 4 is 17.8 Å². The van der Waals surface area contributed by atoms with E-state index in [1.807, 2.05) is 44.2 Å². The minimum Gasteiger partial charge on any atom is -0.440 e. The summed E-state index contributed by atoms with van der Waals surface area (Å²) in [6.45, 7) is 4.46. The first-order chi connectivity index (χ1) is 15.8. The van der Waals surface area contributed by atoms with E-state index < -0.39 is 29.5 Å². The molecule has 1 atom stereocenters. The van der Waals surface area contributed by atoms with Gasteiger partial charge in [-0.2, -0.15) is 5.10 Å². The van der Waals surface area contributed by atoms with Crippen LogP contribution in [0.4, 0.5) is 15.0 Å². The van der Waals surface area contributed by atoms with Crippen LogP contribution in [0, 0.1) is 5.82 Å². The highest BCUT2D eigenvalue weighted by Crippen LogP contribution is 2.41. The number of nitrogens with zero attached hydrogens (tertiary/aromatic N) is 2. The summed E-state index contributed by atoms with van der Waals surface area (Å²) in [4.78, 5) is 27.4. The fourth-order valence-corrected chi connectivity index (χ4v) is 3.96.